The van der Waals surface area contributed by atoms with E-state index in [4.69, 9.17) is 10.6 Å². The van der Waals surface area contributed by atoms with Gasteiger partial charge < -0.3 is 10.1 Å². The topological polar surface area (TPSA) is 93.4 Å². The average molecular weight is 203 g/mol. The van der Waals surface area contributed by atoms with Gasteiger partial charge >= 0.3 is 6.09 Å². The third-order valence-corrected chi connectivity index (χ3v) is 1.27. The van der Waals surface area contributed by atoms with Crippen LogP contribution in [0.1, 0.15) is 27.7 Å². The van der Waals surface area contributed by atoms with Gasteiger partial charge in [0.1, 0.15) is 0 Å². The molecule has 82 valence electrons. The number of hydrogen-bond acceptors (Lipinski definition) is 4. The third-order valence-electron chi connectivity index (χ3n) is 1.27. The molecule has 0 saturated heterocycles. The molecule has 0 bridgehead atoms. The Morgan fingerprint density at radius 1 is 1.36 bits per heavy atom. The van der Waals surface area contributed by atoms with Gasteiger partial charge in [-0.25, -0.2) is 10.6 Å². The number of rotatable bonds is 2. The summed E-state index contributed by atoms with van der Waals surface area (Å²) in [5, 5.41) is 2.55. The lowest BCUT2D eigenvalue weighted by Gasteiger charge is -2.21. The van der Waals surface area contributed by atoms with Crippen LogP contribution in [-0.4, -0.2) is 23.6 Å². The van der Waals surface area contributed by atoms with Crippen molar-refractivity contribution in [3.05, 3.63) is 0 Å². The molecule has 1 unspecified atom stereocenters. The van der Waals surface area contributed by atoms with Crippen LogP contribution in [0.25, 0.3) is 0 Å². The van der Waals surface area contributed by atoms with Crippen LogP contribution in [0.4, 0.5) is 4.79 Å². The molecule has 6 heteroatoms. The van der Waals surface area contributed by atoms with E-state index in [0.29, 0.717) is 0 Å². The summed E-state index contributed by atoms with van der Waals surface area (Å²) in [6.45, 7) is 6.86. The molecule has 4 N–H and O–H groups in total. The maximum Gasteiger partial charge on any atom is 0.408 e. The zero-order valence-electron chi connectivity index (χ0n) is 8.88. The maximum absolute atomic E-state index is 11.1. The highest BCUT2D eigenvalue weighted by Gasteiger charge is 2.20. The number of hydrazine groups is 1. The molecule has 0 aliphatic carbocycles. The highest BCUT2D eigenvalue weighted by Crippen LogP contribution is 2.00. The first-order chi connectivity index (χ1) is 6.26. The number of carbonyl (C=O) groups excluding carboxylic acids is 2. The van der Waals surface area contributed by atoms with Gasteiger partial charge in [0.2, 0.25) is 0 Å². The third kappa shape index (κ3) is 5.36. The van der Waals surface area contributed by atoms with Gasteiger partial charge in [-0.3, -0.25) is 10.2 Å². The van der Waals surface area contributed by atoms with Crippen molar-refractivity contribution in [3.8, 4) is 0 Å². The van der Waals surface area contributed by atoms with E-state index in [2.05, 4.69) is 5.32 Å². The van der Waals surface area contributed by atoms with E-state index in [9.17, 15) is 9.59 Å². The molecular formula is C8H17N3O3. The first kappa shape index (κ1) is 12.7. The number of amides is 2. The van der Waals surface area contributed by atoms with E-state index in [1.807, 2.05) is 26.2 Å². The zero-order valence-corrected chi connectivity index (χ0v) is 8.88. The Labute approximate surface area is 83.1 Å². The van der Waals surface area contributed by atoms with Crippen LogP contribution in [0.2, 0.25) is 0 Å². The van der Waals surface area contributed by atoms with Crippen molar-refractivity contribution in [2.45, 2.75) is 39.3 Å². The monoisotopic (exact) mass is 203 g/mol. The molecule has 0 aromatic carbocycles. The average Bonchev–Trinajstić information content (AvgIpc) is 1.99. The molecule has 14 heavy (non-hydrogen) atoms. The molecule has 6 nitrogen and oxygen atoms in total. The van der Waals surface area contributed by atoms with Crippen molar-refractivity contribution in [1.29, 1.82) is 0 Å². The van der Waals surface area contributed by atoms with Gasteiger partial charge in [-0.1, -0.05) is 0 Å². The van der Waals surface area contributed by atoms with Gasteiger partial charge in [0.05, 0.1) is 0 Å². The lowest BCUT2D eigenvalue weighted by molar-refractivity contribution is -0.128. The molecule has 0 aliphatic heterocycles. The minimum absolute atomic E-state index is 0.393. The highest BCUT2D eigenvalue weighted by atomic mass is 16.6. The van der Waals surface area contributed by atoms with Crippen LogP contribution in [0, 0.1) is 0 Å². The number of nitrogens with two attached hydrogens (primary N) is 1. The minimum atomic E-state index is -0.901. The van der Waals surface area contributed by atoms with Crippen molar-refractivity contribution < 1.29 is 14.3 Å². The fourth-order valence-electron chi connectivity index (χ4n) is 0.667. The second kappa shape index (κ2) is 4.80. The summed E-state index contributed by atoms with van der Waals surface area (Å²) in [6.07, 6.45) is -1.55. The molecule has 0 aromatic rings. The second-order valence-corrected chi connectivity index (χ2v) is 3.93. The lowest BCUT2D eigenvalue weighted by atomic mass is 10.1. The Kier molecular flexibility index (Phi) is 4.36. The van der Waals surface area contributed by atoms with Gasteiger partial charge in [-0.2, -0.15) is 0 Å². The number of hydrogen-bond donors (Lipinski definition) is 3. The van der Waals surface area contributed by atoms with Gasteiger partial charge in [0.25, 0.3) is 5.91 Å². The summed E-state index contributed by atoms with van der Waals surface area (Å²) in [5.74, 6) is 4.32. The predicted octanol–water partition coefficient (Wildman–Crippen LogP) is -0.110. The first-order valence-electron chi connectivity index (χ1n) is 4.25. The normalized spacial score (nSPS) is 12.9. The SMILES string of the molecule is CC(OC(=O)NC(C)(C)C)C(=O)NN. The quantitative estimate of drug-likeness (QED) is 0.331. The van der Waals surface area contributed by atoms with E-state index in [-0.39, 0.29) is 0 Å². The molecular weight excluding hydrogens is 186 g/mol. The Balaban J connectivity index is 4.01. The zero-order chi connectivity index (χ0) is 11.4. The fraction of sp³-hybridized carbons (Fsp3) is 0.750. The largest absolute Gasteiger partial charge is 0.436 e. The van der Waals surface area contributed by atoms with Crippen molar-refractivity contribution in [2.24, 2.45) is 5.84 Å². The molecule has 0 fully saturated rings. The number of carbonyl (C=O) groups is 2. The predicted molar refractivity (Wildman–Crippen MR) is 51.2 cm³/mol. The first-order valence-corrected chi connectivity index (χ1v) is 4.25. The van der Waals surface area contributed by atoms with Crippen molar-refractivity contribution in [2.75, 3.05) is 0 Å². The molecule has 0 spiro atoms. The molecule has 0 saturated carbocycles. The van der Waals surface area contributed by atoms with Gasteiger partial charge in [-0.15, -0.1) is 0 Å². The van der Waals surface area contributed by atoms with Crippen LogP contribution in [0.3, 0.4) is 0 Å². The van der Waals surface area contributed by atoms with Crippen LogP contribution in [0.5, 0.6) is 0 Å². The standard InChI is InChI=1S/C8H17N3O3/c1-5(6(12)11-9)14-7(13)10-8(2,3)4/h5H,9H2,1-4H3,(H,10,13)(H,11,12). The summed E-state index contributed by atoms with van der Waals surface area (Å²) < 4.78 is 4.74. The summed E-state index contributed by atoms with van der Waals surface area (Å²) in [6, 6.07) is 0. The van der Waals surface area contributed by atoms with Crippen LogP contribution in [-0.2, 0) is 9.53 Å². The molecule has 0 heterocycles. The van der Waals surface area contributed by atoms with Crippen molar-refractivity contribution in [1.82, 2.24) is 10.7 Å². The fourth-order valence-corrected chi connectivity index (χ4v) is 0.667. The number of alkyl carbamates (subject to hydrolysis) is 1. The molecule has 1 atom stereocenters. The molecule has 0 rings (SSSR count). The second-order valence-electron chi connectivity index (χ2n) is 3.93. The Bertz CT molecular complexity index is 222. The summed E-state index contributed by atoms with van der Waals surface area (Å²) in [5.41, 5.74) is 1.50. The van der Waals surface area contributed by atoms with Gasteiger partial charge in [0.15, 0.2) is 6.10 Å². The van der Waals surface area contributed by atoms with E-state index >= 15 is 0 Å². The van der Waals surface area contributed by atoms with Crippen LogP contribution < -0.4 is 16.6 Å². The smallest absolute Gasteiger partial charge is 0.408 e. The van der Waals surface area contributed by atoms with Crippen molar-refractivity contribution in [3.63, 3.8) is 0 Å². The van der Waals surface area contributed by atoms with E-state index in [1.54, 1.807) is 0 Å². The molecule has 0 aliphatic rings. The summed E-state index contributed by atoms with van der Waals surface area (Å²) >= 11 is 0. The van der Waals surface area contributed by atoms with Crippen molar-refractivity contribution >= 4 is 12.0 Å². The Morgan fingerprint density at radius 3 is 2.21 bits per heavy atom. The Morgan fingerprint density at radius 2 is 1.86 bits per heavy atom. The summed E-state index contributed by atoms with van der Waals surface area (Å²) in [4.78, 5) is 22.0. The molecule has 0 radical (unpaired) electrons. The maximum atomic E-state index is 11.1. The number of ether oxygens (including phenoxy) is 1. The highest BCUT2D eigenvalue weighted by molar-refractivity contribution is 5.82. The number of nitrogens with one attached hydrogen (secondary N) is 2. The van der Waals surface area contributed by atoms with Crippen LogP contribution >= 0.6 is 0 Å². The minimum Gasteiger partial charge on any atom is -0.436 e. The lowest BCUT2D eigenvalue weighted by Crippen LogP contribution is -2.45. The van der Waals surface area contributed by atoms with E-state index in [1.165, 1.54) is 6.92 Å². The molecule has 0 aromatic heterocycles. The van der Waals surface area contributed by atoms with Gasteiger partial charge in [-0.05, 0) is 27.7 Å². The Hall–Kier alpha value is -1.30. The van der Waals surface area contributed by atoms with E-state index in [0.717, 1.165) is 0 Å². The summed E-state index contributed by atoms with van der Waals surface area (Å²) in [7, 11) is 0. The van der Waals surface area contributed by atoms with Crippen LogP contribution in [0.15, 0.2) is 0 Å². The molecule has 2 amide bonds. The van der Waals surface area contributed by atoms with E-state index < -0.39 is 23.6 Å². The van der Waals surface area contributed by atoms with Gasteiger partial charge in [0, 0.05) is 5.54 Å².